The maximum absolute atomic E-state index is 6.18. The third-order valence-corrected chi connectivity index (χ3v) is 5.56. The van der Waals surface area contributed by atoms with Crippen molar-refractivity contribution < 1.29 is 9.47 Å². The molecule has 4 nitrogen and oxygen atoms in total. The molecule has 2 atom stereocenters. The summed E-state index contributed by atoms with van der Waals surface area (Å²) >= 11 is 0. The first kappa shape index (κ1) is 15.7. The first-order chi connectivity index (χ1) is 10.3. The second-order valence-corrected chi connectivity index (χ2v) is 7.08. The number of nitrogens with zero attached hydrogens (tertiary/aromatic N) is 1. The van der Waals surface area contributed by atoms with Crippen LogP contribution in [-0.2, 0) is 9.47 Å². The summed E-state index contributed by atoms with van der Waals surface area (Å²) in [6.07, 6.45) is 9.37. The van der Waals surface area contributed by atoms with E-state index in [9.17, 15) is 0 Å². The van der Waals surface area contributed by atoms with Crippen molar-refractivity contribution in [3.8, 4) is 0 Å². The molecule has 3 aliphatic rings. The Kier molecular flexibility index (Phi) is 5.54. The second kappa shape index (κ2) is 7.40. The van der Waals surface area contributed by atoms with E-state index in [0.29, 0.717) is 12.1 Å². The van der Waals surface area contributed by atoms with Gasteiger partial charge in [-0.05, 0) is 32.2 Å². The lowest BCUT2D eigenvalue weighted by molar-refractivity contribution is -0.110. The van der Waals surface area contributed by atoms with Crippen LogP contribution in [-0.4, -0.2) is 62.0 Å². The molecule has 0 radical (unpaired) electrons. The molecule has 1 N–H and O–H groups in total. The predicted molar refractivity (Wildman–Crippen MR) is 84.6 cm³/mol. The van der Waals surface area contributed by atoms with Crippen molar-refractivity contribution in [3.63, 3.8) is 0 Å². The largest absolute Gasteiger partial charge is 0.375 e. The molecule has 2 heterocycles. The van der Waals surface area contributed by atoms with Crippen LogP contribution in [0.25, 0.3) is 0 Å². The van der Waals surface area contributed by atoms with Gasteiger partial charge in [-0.25, -0.2) is 0 Å². The van der Waals surface area contributed by atoms with Gasteiger partial charge in [-0.1, -0.05) is 26.2 Å². The number of hydrogen-bond donors (Lipinski definition) is 1. The van der Waals surface area contributed by atoms with Gasteiger partial charge in [0.15, 0.2) is 0 Å². The molecule has 4 heteroatoms. The lowest BCUT2D eigenvalue weighted by Crippen LogP contribution is -2.52. The number of hydrogen-bond acceptors (Lipinski definition) is 4. The lowest BCUT2D eigenvalue weighted by atomic mass is 9.78. The van der Waals surface area contributed by atoms with E-state index < -0.39 is 0 Å². The fraction of sp³-hybridized carbons (Fsp3) is 1.00. The van der Waals surface area contributed by atoms with Crippen LogP contribution < -0.4 is 5.32 Å². The monoisotopic (exact) mass is 296 g/mol. The molecular weight excluding hydrogens is 264 g/mol. The van der Waals surface area contributed by atoms with Crippen LogP contribution in [0.15, 0.2) is 0 Å². The van der Waals surface area contributed by atoms with E-state index in [1.807, 2.05) is 0 Å². The topological polar surface area (TPSA) is 33.7 Å². The molecule has 3 fully saturated rings. The van der Waals surface area contributed by atoms with Crippen molar-refractivity contribution in [2.45, 2.75) is 69.6 Å². The minimum Gasteiger partial charge on any atom is -0.375 e. The number of rotatable bonds is 4. The normalized spacial score (nSPS) is 34.1. The van der Waals surface area contributed by atoms with Crippen LogP contribution in [0.1, 0.15) is 51.9 Å². The zero-order valence-corrected chi connectivity index (χ0v) is 13.6. The molecular formula is C17H32N2O2. The van der Waals surface area contributed by atoms with Crippen molar-refractivity contribution in [1.82, 2.24) is 10.2 Å². The van der Waals surface area contributed by atoms with Gasteiger partial charge in [-0.15, -0.1) is 0 Å². The zero-order chi connectivity index (χ0) is 14.5. The standard InChI is InChI=1S/C17H32N2O2/c1-2-19-9-11-20-16(14-19)13-18-15-6-10-21-17(12-15)7-4-3-5-8-17/h15-16,18H,2-14H2,1H3. The minimum atomic E-state index is 0.205. The third-order valence-electron chi connectivity index (χ3n) is 5.56. The molecule has 0 amide bonds. The highest BCUT2D eigenvalue weighted by molar-refractivity contribution is 4.92. The summed E-state index contributed by atoms with van der Waals surface area (Å²) in [7, 11) is 0. The number of ether oxygens (including phenoxy) is 2. The molecule has 122 valence electrons. The van der Waals surface area contributed by atoms with Crippen LogP contribution >= 0.6 is 0 Å². The van der Waals surface area contributed by atoms with Crippen molar-refractivity contribution in [1.29, 1.82) is 0 Å². The van der Waals surface area contributed by atoms with Crippen LogP contribution in [0.3, 0.4) is 0 Å². The summed E-state index contributed by atoms with van der Waals surface area (Å²) in [4.78, 5) is 2.49. The summed E-state index contributed by atoms with van der Waals surface area (Å²) in [6.45, 7) is 8.37. The molecule has 1 spiro atoms. The van der Waals surface area contributed by atoms with E-state index in [2.05, 4.69) is 17.1 Å². The predicted octanol–water partition coefficient (Wildman–Crippen LogP) is 2.18. The molecule has 0 aromatic rings. The van der Waals surface area contributed by atoms with Crippen LogP contribution in [0.2, 0.25) is 0 Å². The Morgan fingerprint density at radius 3 is 2.86 bits per heavy atom. The van der Waals surface area contributed by atoms with Gasteiger partial charge >= 0.3 is 0 Å². The van der Waals surface area contributed by atoms with E-state index in [4.69, 9.17) is 9.47 Å². The minimum absolute atomic E-state index is 0.205. The van der Waals surface area contributed by atoms with Crippen LogP contribution in [0.4, 0.5) is 0 Å². The highest BCUT2D eigenvalue weighted by Gasteiger charge is 2.38. The molecule has 0 bridgehead atoms. The summed E-state index contributed by atoms with van der Waals surface area (Å²) in [5, 5.41) is 3.78. The van der Waals surface area contributed by atoms with E-state index >= 15 is 0 Å². The molecule has 0 aromatic carbocycles. The van der Waals surface area contributed by atoms with Gasteiger partial charge in [0.1, 0.15) is 0 Å². The van der Waals surface area contributed by atoms with E-state index in [1.54, 1.807) is 0 Å². The molecule has 1 saturated carbocycles. The summed E-state index contributed by atoms with van der Waals surface area (Å²) in [5.74, 6) is 0. The third kappa shape index (κ3) is 4.19. The number of morpholine rings is 1. The van der Waals surface area contributed by atoms with Gasteiger partial charge in [0.2, 0.25) is 0 Å². The van der Waals surface area contributed by atoms with Crippen molar-refractivity contribution in [2.24, 2.45) is 0 Å². The Bertz CT molecular complexity index is 312. The smallest absolute Gasteiger partial charge is 0.0826 e. The molecule has 2 saturated heterocycles. The highest BCUT2D eigenvalue weighted by atomic mass is 16.5. The average molecular weight is 296 g/mol. The second-order valence-electron chi connectivity index (χ2n) is 7.08. The Balaban J connectivity index is 1.44. The van der Waals surface area contributed by atoms with Crippen LogP contribution in [0.5, 0.6) is 0 Å². The van der Waals surface area contributed by atoms with Gasteiger partial charge in [0.25, 0.3) is 0 Å². The Morgan fingerprint density at radius 1 is 1.19 bits per heavy atom. The number of likely N-dealkylation sites (N-methyl/N-ethyl adjacent to an activating group) is 1. The summed E-state index contributed by atoms with van der Waals surface area (Å²) in [6, 6.07) is 0.623. The van der Waals surface area contributed by atoms with Gasteiger partial charge < -0.3 is 14.8 Å². The van der Waals surface area contributed by atoms with Gasteiger partial charge in [-0.3, -0.25) is 4.90 Å². The van der Waals surface area contributed by atoms with Gasteiger partial charge in [-0.2, -0.15) is 0 Å². The first-order valence-electron chi connectivity index (χ1n) is 9.01. The first-order valence-corrected chi connectivity index (χ1v) is 9.01. The SMILES string of the molecule is CCN1CCOC(CNC2CCOC3(CCCCC3)C2)C1. The molecule has 2 unspecified atom stereocenters. The van der Waals surface area contributed by atoms with Gasteiger partial charge in [0, 0.05) is 32.3 Å². The van der Waals surface area contributed by atoms with Gasteiger partial charge in [0.05, 0.1) is 18.3 Å². The van der Waals surface area contributed by atoms with Crippen molar-refractivity contribution >= 4 is 0 Å². The Hall–Kier alpha value is -0.160. The molecule has 2 aliphatic heterocycles. The maximum Gasteiger partial charge on any atom is 0.0826 e. The van der Waals surface area contributed by atoms with E-state index in [1.165, 1.54) is 38.5 Å². The zero-order valence-electron chi connectivity index (χ0n) is 13.6. The van der Waals surface area contributed by atoms with Crippen molar-refractivity contribution in [3.05, 3.63) is 0 Å². The molecule has 3 rings (SSSR count). The molecule has 1 aliphatic carbocycles. The highest BCUT2D eigenvalue weighted by Crippen LogP contribution is 2.38. The average Bonchev–Trinajstić information content (AvgIpc) is 2.54. The van der Waals surface area contributed by atoms with E-state index in [-0.39, 0.29) is 5.60 Å². The molecule has 21 heavy (non-hydrogen) atoms. The Morgan fingerprint density at radius 2 is 2.05 bits per heavy atom. The Labute approximate surface area is 129 Å². The quantitative estimate of drug-likeness (QED) is 0.862. The number of nitrogens with one attached hydrogen (secondary N) is 1. The summed E-state index contributed by atoms with van der Waals surface area (Å²) < 4.78 is 12.1. The summed E-state index contributed by atoms with van der Waals surface area (Å²) in [5.41, 5.74) is 0.205. The van der Waals surface area contributed by atoms with Crippen LogP contribution in [0, 0.1) is 0 Å². The molecule has 0 aromatic heterocycles. The van der Waals surface area contributed by atoms with Crippen molar-refractivity contribution in [2.75, 3.05) is 39.4 Å². The fourth-order valence-corrected chi connectivity index (χ4v) is 4.24. The maximum atomic E-state index is 6.18. The lowest BCUT2D eigenvalue weighted by Gasteiger charge is -2.44. The van der Waals surface area contributed by atoms with E-state index in [0.717, 1.165) is 45.8 Å². The fourth-order valence-electron chi connectivity index (χ4n) is 4.24.